The Labute approximate surface area is 115 Å². The summed E-state index contributed by atoms with van der Waals surface area (Å²) < 4.78 is 0. The smallest absolute Gasteiger partial charge is 0.0296 e. The molecule has 1 heterocycles. The summed E-state index contributed by atoms with van der Waals surface area (Å²) in [6, 6.07) is 3.28. The maximum Gasteiger partial charge on any atom is 0.0296 e. The monoisotopic (exact) mass is 266 g/mol. The molecule has 0 bridgehead atoms. The van der Waals surface area contributed by atoms with Crippen LogP contribution in [0.3, 0.4) is 0 Å². The highest BCUT2D eigenvalue weighted by atomic mass is 32.1. The number of thiophene rings is 1. The van der Waals surface area contributed by atoms with Crippen molar-refractivity contribution in [1.29, 1.82) is 0 Å². The Morgan fingerprint density at radius 2 is 2.22 bits per heavy atom. The van der Waals surface area contributed by atoms with Crippen molar-refractivity contribution in [2.24, 2.45) is 0 Å². The van der Waals surface area contributed by atoms with Gasteiger partial charge >= 0.3 is 0 Å². The molecule has 1 fully saturated rings. The second-order valence-corrected chi connectivity index (χ2v) is 6.72. The number of unbranched alkanes of at least 4 members (excludes halogenated alkanes) is 1. The van der Waals surface area contributed by atoms with Gasteiger partial charge in [0.15, 0.2) is 0 Å². The summed E-state index contributed by atoms with van der Waals surface area (Å²) in [5.41, 5.74) is 1.55. The Morgan fingerprint density at radius 1 is 1.44 bits per heavy atom. The number of nitrogens with zero attached hydrogens (tertiary/aromatic N) is 1. The van der Waals surface area contributed by atoms with Crippen LogP contribution in [0.25, 0.3) is 0 Å². The van der Waals surface area contributed by atoms with Gasteiger partial charge in [0.05, 0.1) is 0 Å². The zero-order valence-corrected chi connectivity index (χ0v) is 12.8. The molecule has 3 heteroatoms. The highest BCUT2D eigenvalue weighted by molar-refractivity contribution is 7.12. The predicted molar refractivity (Wildman–Crippen MR) is 80.2 cm³/mol. The molecule has 1 aliphatic rings. The Balaban J connectivity index is 1.96. The molecule has 0 aromatic carbocycles. The van der Waals surface area contributed by atoms with E-state index in [4.69, 9.17) is 0 Å². The Hall–Kier alpha value is -0.380. The zero-order chi connectivity index (χ0) is 13.0. The summed E-state index contributed by atoms with van der Waals surface area (Å²) in [6.07, 6.45) is 5.46. The highest BCUT2D eigenvalue weighted by Gasteiger charge is 2.28. The first-order valence-corrected chi connectivity index (χ1v) is 8.03. The van der Waals surface area contributed by atoms with Gasteiger partial charge in [0, 0.05) is 28.9 Å². The second-order valence-electron chi connectivity index (χ2n) is 5.38. The second kappa shape index (κ2) is 6.69. The van der Waals surface area contributed by atoms with Crippen LogP contribution in [0.5, 0.6) is 0 Å². The SMILES string of the molecule is CCCCN(Cc1cc(CNC)sc1C)C1CC1. The van der Waals surface area contributed by atoms with Crippen LogP contribution in [0.4, 0.5) is 0 Å². The van der Waals surface area contributed by atoms with Crippen LogP contribution in [0.15, 0.2) is 6.07 Å². The zero-order valence-electron chi connectivity index (χ0n) is 12.0. The number of aryl methyl sites for hydroxylation is 1. The molecular formula is C15H26N2S. The Bertz CT molecular complexity index is 369. The summed E-state index contributed by atoms with van der Waals surface area (Å²) in [4.78, 5) is 5.67. The molecule has 102 valence electrons. The largest absolute Gasteiger partial charge is 0.315 e. The quantitative estimate of drug-likeness (QED) is 0.774. The van der Waals surface area contributed by atoms with E-state index in [9.17, 15) is 0 Å². The normalized spacial score (nSPS) is 15.6. The van der Waals surface area contributed by atoms with Crippen molar-refractivity contribution in [1.82, 2.24) is 10.2 Å². The summed E-state index contributed by atoms with van der Waals surface area (Å²) >= 11 is 1.95. The summed E-state index contributed by atoms with van der Waals surface area (Å²) in [5.74, 6) is 0. The van der Waals surface area contributed by atoms with Crippen molar-refractivity contribution in [3.8, 4) is 0 Å². The molecule has 0 spiro atoms. The van der Waals surface area contributed by atoms with Crippen LogP contribution in [0.2, 0.25) is 0 Å². The number of rotatable bonds is 8. The van der Waals surface area contributed by atoms with E-state index in [1.165, 1.54) is 42.0 Å². The molecule has 1 aromatic heterocycles. The lowest BCUT2D eigenvalue weighted by molar-refractivity contribution is 0.250. The van der Waals surface area contributed by atoms with E-state index >= 15 is 0 Å². The van der Waals surface area contributed by atoms with E-state index in [0.29, 0.717) is 0 Å². The molecule has 2 rings (SSSR count). The Kier molecular flexibility index (Phi) is 5.22. The summed E-state index contributed by atoms with van der Waals surface area (Å²) in [6.45, 7) is 7.99. The van der Waals surface area contributed by atoms with Crippen LogP contribution < -0.4 is 5.32 Å². The molecule has 1 saturated carbocycles. The third-order valence-corrected chi connectivity index (χ3v) is 4.75. The summed E-state index contributed by atoms with van der Waals surface area (Å²) in [5, 5.41) is 3.24. The third kappa shape index (κ3) is 3.81. The van der Waals surface area contributed by atoms with Gasteiger partial charge in [-0.3, -0.25) is 4.90 Å². The van der Waals surface area contributed by atoms with Crippen LogP contribution in [-0.2, 0) is 13.1 Å². The van der Waals surface area contributed by atoms with E-state index in [1.807, 2.05) is 18.4 Å². The first-order chi connectivity index (χ1) is 8.74. The predicted octanol–water partition coefficient (Wildman–Crippen LogP) is 3.54. The molecule has 2 nitrogen and oxygen atoms in total. The van der Waals surface area contributed by atoms with Crippen LogP contribution >= 0.6 is 11.3 Å². The maximum absolute atomic E-state index is 3.24. The lowest BCUT2D eigenvalue weighted by Crippen LogP contribution is -2.26. The van der Waals surface area contributed by atoms with Crippen LogP contribution in [-0.4, -0.2) is 24.5 Å². The minimum atomic E-state index is 0.878. The molecule has 0 aliphatic heterocycles. The first-order valence-electron chi connectivity index (χ1n) is 7.21. The number of nitrogens with one attached hydrogen (secondary N) is 1. The van der Waals surface area contributed by atoms with Crippen molar-refractivity contribution < 1.29 is 0 Å². The molecule has 18 heavy (non-hydrogen) atoms. The van der Waals surface area contributed by atoms with Crippen molar-refractivity contribution in [3.05, 3.63) is 21.4 Å². The van der Waals surface area contributed by atoms with E-state index in [2.05, 4.69) is 30.1 Å². The van der Waals surface area contributed by atoms with E-state index in [-0.39, 0.29) is 0 Å². The number of hydrogen-bond acceptors (Lipinski definition) is 3. The topological polar surface area (TPSA) is 15.3 Å². The molecule has 0 unspecified atom stereocenters. The van der Waals surface area contributed by atoms with E-state index < -0.39 is 0 Å². The van der Waals surface area contributed by atoms with Gasteiger partial charge < -0.3 is 5.32 Å². The fourth-order valence-electron chi connectivity index (χ4n) is 2.42. The molecule has 0 atom stereocenters. The van der Waals surface area contributed by atoms with Gasteiger partial charge in [-0.15, -0.1) is 11.3 Å². The van der Waals surface area contributed by atoms with Gasteiger partial charge in [-0.2, -0.15) is 0 Å². The average molecular weight is 266 g/mol. The van der Waals surface area contributed by atoms with Crippen LogP contribution in [0, 0.1) is 6.92 Å². The number of hydrogen-bond donors (Lipinski definition) is 1. The highest BCUT2D eigenvalue weighted by Crippen LogP contribution is 2.31. The first kappa shape index (κ1) is 14.0. The molecular weight excluding hydrogens is 240 g/mol. The molecule has 1 aliphatic carbocycles. The van der Waals surface area contributed by atoms with Gasteiger partial charge in [0.25, 0.3) is 0 Å². The van der Waals surface area contributed by atoms with Gasteiger partial charge in [-0.25, -0.2) is 0 Å². The van der Waals surface area contributed by atoms with Gasteiger partial charge in [-0.1, -0.05) is 13.3 Å². The van der Waals surface area contributed by atoms with Crippen molar-refractivity contribution >= 4 is 11.3 Å². The lowest BCUT2D eigenvalue weighted by atomic mass is 10.2. The molecule has 1 N–H and O–H groups in total. The standard InChI is InChI=1S/C15H26N2S/c1-4-5-8-17(14-6-7-14)11-13-9-15(10-16-3)18-12(13)2/h9,14,16H,4-8,10-11H2,1-3H3. The van der Waals surface area contributed by atoms with Gasteiger partial charge in [0.2, 0.25) is 0 Å². The lowest BCUT2D eigenvalue weighted by Gasteiger charge is -2.21. The van der Waals surface area contributed by atoms with Gasteiger partial charge in [-0.05, 0) is 51.4 Å². The maximum atomic E-state index is 3.24. The van der Waals surface area contributed by atoms with E-state index in [1.54, 1.807) is 5.56 Å². The fourth-order valence-corrected chi connectivity index (χ4v) is 3.48. The average Bonchev–Trinajstić information content (AvgIpc) is 3.12. The molecule has 0 saturated heterocycles. The summed E-state index contributed by atoms with van der Waals surface area (Å²) in [7, 11) is 2.02. The molecule has 0 radical (unpaired) electrons. The minimum absolute atomic E-state index is 0.878. The van der Waals surface area contributed by atoms with Crippen molar-refractivity contribution in [3.63, 3.8) is 0 Å². The molecule has 1 aromatic rings. The fraction of sp³-hybridized carbons (Fsp3) is 0.733. The van der Waals surface area contributed by atoms with Crippen LogP contribution in [0.1, 0.15) is 47.9 Å². The molecule has 0 amide bonds. The van der Waals surface area contributed by atoms with Gasteiger partial charge in [0.1, 0.15) is 0 Å². The Morgan fingerprint density at radius 3 is 2.83 bits per heavy atom. The van der Waals surface area contributed by atoms with E-state index in [0.717, 1.165) is 19.1 Å². The van der Waals surface area contributed by atoms with Crippen molar-refractivity contribution in [2.45, 2.75) is 58.7 Å². The minimum Gasteiger partial charge on any atom is -0.315 e. The van der Waals surface area contributed by atoms with Crippen molar-refractivity contribution in [2.75, 3.05) is 13.6 Å². The third-order valence-electron chi connectivity index (χ3n) is 3.66.